The van der Waals surface area contributed by atoms with Gasteiger partial charge in [0.15, 0.2) is 0 Å². The van der Waals surface area contributed by atoms with Gasteiger partial charge in [-0.1, -0.05) is 30.3 Å². The zero-order chi connectivity index (χ0) is 17.9. The lowest BCUT2D eigenvalue weighted by Gasteiger charge is -2.20. The molecule has 0 aliphatic heterocycles. The number of hydrogen-bond acceptors (Lipinski definition) is 3. The molecule has 0 fully saturated rings. The number of nitrogens with one attached hydrogen (secondary N) is 3. The fraction of sp³-hybridized carbons (Fsp3) is 0.471. The Bertz CT molecular complexity index is 548. The summed E-state index contributed by atoms with van der Waals surface area (Å²) in [4.78, 5) is 34.2. The maximum absolute atomic E-state index is 12.1. The van der Waals surface area contributed by atoms with Crippen molar-refractivity contribution in [2.75, 3.05) is 7.05 Å². The molecule has 0 aliphatic carbocycles. The number of urea groups is 1. The maximum Gasteiger partial charge on any atom is 0.315 e. The smallest absolute Gasteiger partial charge is 0.315 e. The normalized spacial score (nSPS) is 12.8. The van der Waals surface area contributed by atoms with Crippen LogP contribution in [0.5, 0.6) is 0 Å². The highest BCUT2D eigenvalue weighted by molar-refractivity contribution is 5.78. The quantitative estimate of drug-likeness (QED) is 0.545. The Hall–Kier alpha value is -2.57. The van der Waals surface area contributed by atoms with Gasteiger partial charge >= 0.3 is 12.0 Å². The van der Waals surface area contributed by atoms with Crippen molar-refractivity contribution < 1.29 is 19.5 Å². The monoisotopic (exact) mass is 335 g/mol. The van der Waals surface area contributed by atoms with Gasteiger partial charge in [-0.15, -0.1) is 0 Å². The molecule has 1 aromatic carbocycles. The van der Waals surface area contributed by atoms with Crippen LogP contribution in [0.1, 0.15) is 31.7 Å². The van der Waals surface area contributed by atoms with Crippen molar-refractivity contribution in [1.29, 1.82) is 0 Å². The van der Waals surface area contributed by atoms with E-state index >= 15 is 0 Å². The molecule has 1 aromatic rings. The standard InChI is InChI=1S/C17H25N3O4/c1-12(10-15(21)18-2)19-17(24)20-14(8-9-16(22)23)11-13-6-4-3-5-7-13/h3-7,12,14H,8-11H2,1-2H3,(H,18,21)(H,22,23)(H2,19,20,24). The van der Waals surface area contributed by atoms with E-state index in [0.717, 1.165) is 5.56 Å². The Labute approximate surface area is 141 Å². The summed E-state index contributed by atoms with van der Waals surface area (Å²) in [5, 5.41) is 16.8. The summed E-state index contributed by atoms with van der Waals surface area (Å²) in [6.45, 7) is 1.73. The van der Waals surface area contributed by atoms with Gasteiger partial charge in [-0.05, 0) is 25.3 Å². The molecule has 3 amide bonds. The van der Waals surface area contributed by atoms with Crippen LogP contribution in [0.2, 0.25) is 0 Å². The van der Waals surface area contributed by atoms with Crippen LogP contribution in [0.4, 0.5) is 4.79 Å². The van der Waals surface area contributed by atoms with E-state index in [4.69, 9.17) is 5.11 Å². The van der Waals surface area contributed by atoms with Crippen LogP contribution < -0.4 is 16.0 Å². The summed E-state index contributed by atoms with van der Waals surface area (Å²) in [5.74, 6) is -1.06. The molecule has 7 nitrogen and oxygen atoms in total. The molecule has 0 bridgehead atoms. The first kappa shape index (κ1) is 19.5. The lowest BCUT2D eigenvalue weighted by molar-refractivity contribution is -0.137. The highest BCUT2D eigenvalue weighted by Gasteiger charge is 2.17. The highest BCUT2D eigenvalue weighted by Crippen LogP contribution is 2.08. The minimum Gasteiger partial charge on any atom is -0.481 e. The van der Waals surface area contributed by atoms with E-state index < -0.39 is 12.0 Å². The number of carbonyl (C=O) groups is 3. The molecule has 0 spiro atoms. The third kappa shape index (κ3) is 8.17. The number of amides is 3. The summed E-state index contributed by atoms with van der Waals surface area (Å²) in [7, 11) is 1.54. The second kappa shape index (κ2) is 10.3. The number of carboxylic acids is 1. The van der Waals surface area contributed by atoms with E-state index in [-0.39, 0.29) is 30.8 Å². The lowest BCUT2D eigenvalue weighted by atomic mass is 10.0. The number of carbonyl (C=O) groups excluding carboxylic acids is 2. The van der Waals surface area contributed by atoms with E-state index in [9.17, 15) is 14.4 Å². The van der Waals surface area contributed by atoms with Gasteiger partial charge in [-0.2, -0.15) is 0 Å². The molecule has 0 saturated heterocycles. The van der Waals surface area contributed by atoms with Crippen LogP contribution >= 0.6 is 0 Å². The summed E-state index contributed by atoms with van der Waals surface area (Å²) < 4.78 is 0. The van der Waals surface area contributed by atoms with Crippen molar-refractivity contribution in [3.05, 3.63) is 35.9 Å². The van der Waals surface area contributed by atoms with Gasteiger partial charge in [0.1, 0.15) is 0 Å². The van der Waals surface area contributed by atoms with Gasteiger partial charge in [-0.25, -0.2) is 4.79 Å². The van der Waals surface area contributed by atoms with Crippen molar-refractivity contribution in [2.24, 2.45) is 0 Å². The molecule has 132 valence electrons. The van der Waals surface area contributed by atoms with Crippen molar-refractivity contribution >= 4 is 17.9 Å². The second-order valence-corrected chi connectivity index (χ2v) is 5.72. The minimum atomic E-state index is -0.900. The van der Waals surface area contributed by atoms with Gasteiger partial charge < -0.3 is 21.1 Å². The molecule has 24 heavy (non-hydrogen) atoms. The van der Waals surface area contributed by atoms with Gasteiger partial charge in [-0.3, -0.25) is 9.59 Å². The summed E-state index contributed by atoms with van der Waals surface area (Å²) in [6, 6.07) is 8.54. The van der Waals surface area contributed by atoms with Gasteiger partial charge in [0.05, 0.1) is 0 Å². The molecule has 0 aliphatic rings. The SMILES string of the molecule is CNC(=O)CC(C)NC(=O)NC(CCC(=O)O)Cc1ccccc1. The van der Waals surface area contributed by atoms with E-state index in [1.54, 1.807) is 6.92 Å². The van der Waals surface area contributed by atoms with Crippen LogP contribution in [-0.4, -0.2) is 42.1 Å². The molecular formula is C17H25N3O4. The zero-order valence-corrected chi connectivity index (χ0v) is 14.0. The van der Waals surface area contributed by atoms with Crippen molar-refractivity contribution in [2.45, 2.75) is 44.7 Å². The largest absolute Gasteiger partial charge is 0.481 e. The fourth-order valence-electron chi connectivity index (χ4n) is 2.30. The molecule has 0 radical (unpaired) electrons. The van der Waals surface area contributed by atoms with Gasteiger partial charge in [0.25, 0.3) is 0 Å². The molecular weight excluding hydrogens is 310 g/mol. The third-order valence-electron chi connectivity index (χ3n) is 3.51. The lowest BCUT2D eigenvalue weighted by Crippen LogP contribution is -2.47. The number of aliphatic carboxylic acids is 1. The Kier molecular flexibility index (Phi) is 8.32. The number of rotatable bonds is 9. The molecule has 7 heteroatoms. The number of carboxylic acid groups (broad SMARTS) is 1. The fourth-order valence-corrected chi connectivity index (χ4v) is 2.30. The third-order valence-corrected chi connectivity index (χ3v) is 3.51. The van der Waals surface area contributed by atoms with Crippen LogP contribution in [0.3, 0.4) is 0 Å². The molecule has 0 saturated carbocycles. The van der Waals surface area contributed by atoms with Crippen molar-refractivity contribution in [3.63, 3.8) is 0 Å². The molecule has 0 heterocycles. The van der Waals surface area contributed by atoms with Crippen LogP contribution in [-0.2, 0) is 16.0 Å². The Balaban J connectivity index is 2.57. The van der Waals surface area contributed by atoms with Crippen molar-refractivity contribution in [3.8, 4) is 0 Å². The zero-order valence-electron chi connectivity index (χ0n) is 14.0. The van der Waals surface area contributed by atoms with Gasteiger partial charge in [0, 0.05) is 32.0 Å². The average molecular weight is 335 g/mol. The molecule has 1 rings (SSSR count). The van der Waals surface area contributed by atoms with Crippen LogP contribution in [0.25, 0.3) is 0 Å². The predicted octanol–water partition coefficient (Wildman–Crippen LogP) is 1.29. The maximum atomic E-state index is 12.1. The molecule has 4 N–H and O–H groups in total. The molecule has 2 unspecified atom stereocenters. The second-order valence-electron chi connectivity index (χ2n) is 5.72. The Morgan fingerprint density at radius 2 is 1.79 bits per heavy atom. The first-order chi connectivity index (χ1) is 11.4. The average Bonchev–Trinajstić information content (AvgIpc) is 2.53. The first-order valence-corrected chi connectivity index (χ1v) is 7.94. The van der Waals surface area contributed by atoms with Crippen LogP contribution in [0.15, 0.2) is 30.3 Å². The topological polar surface area (TPSA) is 108 Å². The number of benzene rings is 1. The first-order valence-electron chi connectivity index (χ1n) is 7.94. The number of hydrogen-bond donors (Lipinski definition) is 4. The highest BCUT2D eigenvalue weighted by atomic mass is 16.4. The Morgan fingerprint density at radius 1 is 1.12 bits per heavy atom. The molecule has 0 aromatic heterocycles. The summed E-state index contributed by atoms with van der Waals surface area (Å²) >= 11 is 0. The van der Waals surface area contributed by atoms with Gasteiger partial charge in [0.2, 0.25) is 5.91 Å². The molecule has 2 atom stereocenters. The summed E-state index contributed by atoms with van der Waals surface area (Å²) in [5.41, 5.74) is 1.02. The summed E-state index contributed by atoms with van der Waals surface area (Å²) in [6.07, 6.45) is 1.04. The predicted molar refractivity (Wildman–Crippen MR) is 90.6 cm³/mol. The van der Waals surface area contributed by atoms with E-state index in [1.165, 1.54) is 7.05 Å². The Morgan fingerprint density at radius 3 is 2.38 bits per heavy atom. The van der Waals surface area contributed by atoms with E-state index in [0.29, 0.717) is 12.8 Å². The van der Waals surface area contributed by atoms with Crippen molar-refractivity contribution in [1.82, 2.24) is 16.0 Å². The van der Waals surface area contributed by atoms with E-state index in [2.05, 4.69) is 16.0 Å². The van der Waals surface area contributed by atoms with E-state index in [1.807, 2.05) is 30.3 Å². The van der Waals surface area contributed by atoms with Crippen LogP contribution in [0, 0.1) is 0 Å². The minimum absolute atomic E-state index is 0.0222.